The van der Waals surface area contributed by atoms with E-state index in [-0.39, 0.29) is 11.5 Å². The second kappa shape index (κ2) is 8.16. The fraction of sp³-hybridized carbons (Fsp3) is 0.455. The highest BCUT2D eigenvalue weighted by Gasteiger charge is 2.27. The summed E-state index contributed by atoms with van der Waals surface area (Å²) in [4.78, 5) is 20.8. The van der Waals surface area contributed by atoms with E-state index in [4.69, 9.17) is 19.7 Å². The number of hydrogen-bond donors (Lipinski definition) is 0. The maximum atomic E-state index is 6.07. The first kappa shape index (κ1) is 19.9. The highest BCUT2D eigenvalue weighted by atomic mass is 32.1. The van der Waals surface area contributed by atoms with Gasteiger partial charge >= 0.3 is 0 Å². The molecular formula is C22H27N5OS. The van der Waals surface area contributed by atoms with Gasteiger partial charge in [-0.3, -0.25) is 4.98 Å². The van der Waals surface area contributed by atoms with Gasteiger partial charge < -0.3 is 9.64 Å². The number of morpholine rings is 1. The fourth-order valence-electron chi connectivity index (χ4n) is 3.24. The predicted molar refractivity (Wildman–Crippen MR) is 116 cm³/mol. The van der Waals surface area contributed by atoms with Crippen molar-refractivity contribution in [3.8, 4) is 11.4 Å². The molecule has 4 heterocycles. The molecule has 0 aromatic carbocycles. The van der Waals surface area contributed by atoms with Crippen LogP contribution in [-0.4, -0.2) is 39.6 Å². The second-order valence-electron chi connectivity index (χ2n) is 8.26. The van der Waals surface area contributed by atoms with E-state index in [1.54, 1.807) is 23.7 Å². The number of aryl methyl sites for hydroxylation is 1. The molecule has 0 bridgehead atoms. The lowest BCUT2D eigenvalue weighted by molar-refractivity contribution is 0.0392. The van der Waals surface area contributed by atoms with Gasteiger partial charge in [0.05, 0.1) is 18.8 Å². The average molecular weight is 410 g/mol. The predicted octanol–water partition coefficient (Wildman–Crippen LogP) is 4.43. The zero-order valence-electron chi connectivity index (χ0n) is 17.4. The summed E-state index contributed by atoms with van der Waals surface area (Å²) in [5.41, 5.74) is 3.18. The number of rotatable bonds is 4. The highest BCUT2D eigenvalue weighted by molar-refractivity contribution is 7.09. The smallest absolute Gasteiger partial charge is 0.161 e. The van der Waals surface area contributed by atoms with Crippen molar-refractivity contribution in [2.45, 2.75) is 45.6 Å². The summed E-state index contributed by atoms with van der Waals surface area (Å²) in [6.07, 6.45) is 4.38. The number of anilines is 1. The molecule has 0 radical (unpaired) electrons. The lowest BCUT2D eigenvalue weighted by atomic mass is 9.93. The molecule has 6 nitrogen and oxygen atoms in total. The molecular weight excluding hydrogens is 382 g/mol. The Labute approximate surface area is 176 Å². The molecule has 7 heteroatoms. The molecule has 152 valence electrons. The first-order chi connectivity index (χ1) is 13.9. The van der Waals surface area contributed by atoms with Crippen LogP contribution < -0.4 is 4.90 Å². The third-order valence-electron chi connectivity index (χ3n) is 5.02. The van der Waals surface area contributed by atoms with E-state index in [9.17, 15) is 0 Å². The number of ether oxygens (including phenoxy) is 1. The van der Waals surface area contributed by atoms with Gasteiger partial charge in [0.15, 0.2) is 5.82 Å². The van der Waals surface area contributed by atoms with Crippen LogP contribution in [0.5, 0.6) is 0 Å². The minimum Gasteiger partial charge on any atom is -0.367 e. The number of nitrogens with zero attached hydrogens (tertiary/aromatic N) is 5. The quantitative estimate of drug-likeness (QED) is 0.635. The van der Waals surface area contributed by atoms with Crippen LogP contribution in [0.1, 0.15) is 50.2 Å². The Kier molecular flexibility index (Phi) is 5.61. The fourth-order valence-corrected chi connectivity index (χ4v) is 4.33. The zero-order chi connectivity index (χ0) is 20.4. The molecule has 3 aromatic rings. The Hall–Kier alpha value is -2.38. The average Bonchev–Trinajstić information content (AvgIpc) is 3.25. The van der Waals surface area contributed by atoms with Crippen molar-refractivity contribution in [2.24, 2.45) is 0 Å². The van der Waals surface area contributed by atoms with Crippen LogP contribution in [0, 0.1) is 0 Å². The molecule has 29 heavy (non-hydrogen) atoms. The van der Waals surface area contributed by atoms with E-state index in [0.717, 1.165) is 53.1 Å². The van der Waals surface area contributed by atoms with Crippen LogP contribution in [0.4, 0.5) is 5.82 Å². The molecule has 1 saturated heterocycles. The van der Waals surface area contributed by atoms with Crippen LogP contribution in [0.15, 0.2) is 36.0 Å². The summed E-state index contributed by atoms with van der Waals surface area (Å²) >= 11 is 1.69. The van der Waals surface area contributed by atoms with E-state index in [2.05, 4.69) is 49.0 Å². The lowest BCUT2D eigenvalue weighted by Crippen LogP contribution is -2.39. The van der Waals surface area contributed by atoms with Gasteiger partial charge in [-0.1, -0.05) is 27.7 Å². The lowest BCUT2D eigenvalue weighted by Gasteiger charge is -2.33. The summed E-state index contributed by atoms with van der Waals surface area (Å²) in [5.74, 6) is 1.69. The summed E-state index contributed by atoms with van der Waals surface area (Å²) in [7, 11) is 0. The van der Waals surface area contributed by atoms with Gasteiger partial charge in [-0.15, -0.1) is 11.3 Å². The van der Waals surface area contributed by atoms with Gasteiger partial charge in [0, 0.05) is 47.1 Å². The number of hydrogen-bond acceptors (Lipinski definition) is 7. The zero-order valence-corrected chi connectivity index (χ0v) is 18.2. The van der Waals surface area contributed by atoms with Gasteiger partial charge in [0.2, 0.25) is 0 Å². The Morgan fingerprint density at radius 2 is 1.97 bits per heavy atom. The topological polar surface area (TPSA) is 64.0 Å². The molecule has 1 aliphatic heterocycles. The van der Waals surface area contributed by atoms with Crippen LogP contribution in [0.2, 0.25) is 0 Å². The van der Waals surface area contributed by atoms with Crippen molar-refractivity contribution in [2.75, 3.05) is 24.6 Å². The molecule has 1 unspecified atom stereocenters. The third-order valence-corrected chi connectivity index (χ3v) is 5.96. The molecule has 3 aromatic heterocycles. The molecule has 1 atom stereocenters. The van der Waals surface area contributed by atoms with Gasteiger partial charge in [0.1, 0.15) is 16.9 Å². The van der Waals surface area contributed by atoms with Gasteiger partial charge in [-0.05, 0) is 18.6 Å². The highest BCUT2D eigenvalue weighted by Crippen LogP contribution is 2.31. The van der Waals surface area contributed by atoms with E-state index < -0.39 is 0 Å². The maximum Gasteiger partial charge on any atom is 0.161 e. The minimum atomic E-state index is -0.0331. The summed E-state index contributed by atoms with van der Waals surface area (Å²) < 4.78 is 6.07. The largest absolute Gasteiger partial charge is 0.367 e. The first-order valence-electron chi connectivity index (χ1n) is 10.0. The second-order valence-corrected chi connectivity index (χ2v) is 9.15. The van der Waals surface area contributed by atoms with Crippen molar-refractivity contribution < 1.29 is 4.74 Å². The van der Waals surface area contributed by atoms with E-state index >= 15 is 0 Å². The van der Waals surface area contributed by atoms with Crippen molar-refractivity contribution in [3.05, 3.63) is 52.4 Å². The number of aromatic nitrogens is 4. The minimum absolute atomic E-state index is 0.0331. The van der Waals surface area contributed by atoms with Crippen LogP contribution in [0.3, 0.4) is 0 Å². The molecule has 0 spiro atoms. The Morgan fingerprint density at radius 3 is 2.66 bits per heavy atom. The van der Waals surface area contributed by atoms with Crippen molar-refractivity contribution in [3.63, 3.8) is 0 Å². The van der Waals surface area contributed by atoms with Crippen LogP contribution in [-0.2, 0) is 16.6 Å². The molecule has 4 rings (SSSR count). The van der Waals surface area contributed by atoms with Crippen LogP contribution in [0.25, 0.3) is 11.4 Å². The molecule has 0 aliphatic carbocycles. The van der Waals surface area contributed by atoms with Crippen molar-refractivity contribution in [1.29, 1.82) is 0 Å². The third kappa shape index (κ3) is 4.46. The van der Waals surface area contributed by atoms with Gasteiger partial charge in [-0.25, -0.2) is 15.0 Å². The van der Waals surface area contributed by atoms with E-state index in [1.807, 2.05) is 12.1 Å². The van der Waals surface area contributed by atoms with Crippen LogP contribution >= 0.6 is 11.3 Å². The SMILES string of the molecule is CCc1cc(N2CCOC(c3nc(C(C)(C)C)cs3)C2)nc(-c2ccncc2)n1. The first-order valence-corrected chi connectivity index (χ1v) is 10.9. The van der Waals surface area contributed by atoms with Gasteiger partial charge in [0.25, 0.3) is 0 Å². The molecule has 0 N–H and O–H groups in total. The normalized spacial score (nSPS) is 17.5. The van der Waals surface area contributed by atoms with Gasteiger partial charge in [-0.2, -0.15) is 0 Å². The number of thiazole rings is 1. The standard InChI is InChI=1S/C22H27N5OS/c1-5-16-12-19(26-20(24-16)15-6-8-23-9-7-15)27-10-11-28-17(13-27)21-25-18(14-29-21)22(2,3)4/h6-9,12,14,17H,5,10-11,13H2,1-4H3. The Morgan fingerprint density at radius 1 is 1.17 bits per heavy atom. The Balaban J connectivity index is 1.60. The molecule has 0 amide bonds. The molecule has 1 fully saturated rings. The summed E-state index contributed by atoms with van der Waals surface area (Å²) in [6, 6.07) is 5.99. The Bertz CT molecular complexity index is 967. The summed E-state index contributed by atoms with van der Waals surface area (Å²) in [6.45, 7) is 10.9. The summed E-state index contributed by atoms with van der Waals surface area (Å²) in [5, 5.41) is 3.19. The van der Waals surface area contributed by atoms with Crippen molar-refractivity contribution in [1.82, 2.24) is 19.9 Å². The van der Waals surface area contributed by atoms with Crippen molar-refractivity contribution >= 4 is 17.2 Å². The molecule has 0 saturated carbocycles. The molecule has 1 aliphatic rings. The van der Waals surface area contributed by atoms with E-state index in [1.165, 1.54) is 0 Å². The monoisotopic (exact) mass is 409 g/mol. The number of pyridine rings is 1. The van der Waals surface area contributed by atoms with E-state index in [0.29, 0.717) is 6.61 Å². The maximum absolute atomic E-state index is 6.07.